The molecule has 0 fully saturated rings. The van der Waals surface area contributed by atoms with E-state index in [-0.39, 0.29) is 23.2 Å². The standard InChI is InChI=1S/C27H33N3O2Si/c1-20(2)28-25-23(29-26(31)30-18-12-17-24(25)30)19-32-33(27(3,4)5,21-13-8-6-9-14-21)22-15-10-7-11-16-22/h6-18,23,25,28H,1,19H2,2-5H3,(H,29,31)/t23-,25-/m0/s1. The maximum absolute atomic E-state index is 12.8. The molecule has 2 aromatic carbocycles. The first-order valence-electron chi connectivity index (χ1n) is 11.4. The van der Waals surface area contributed by atoms with Gasteiger partial charge in [-0.05, 0) is 34.5 Å². The number of hydrogen-bond acceptors (Lipinski definition) is 3. The fourth-order valence-electron chi connectivity index (χ4n) is 4.90. The zero-order valence-electron chi connectivity index (χ0n) is 19.8. The Labute approximate surface area is 197 Å². The number of carbonyl (C=O) groups is 1. The highest BCUT2D eigenvalue weighted by Gasteiger charge is 2.51. The van der Waals surface area contributed by atoms with Gasteiger partial charge in [-0.2, -0.15) is 0 Å². The molecule has 5 nitrogen and oxygen atoms in total. The lowest BCUT2D eigenvalue weighted by atomic mass is 10.0. The Hall–Kier alpha value is -3.09. The largest absolute Gasteiger partial charge is 0.405 e. The number of hydrogen-bond donors (Lipinski definition) is 2. The van der Waals surface area contributed by atoms with Gasteiger partial charge < -0.3 is 15.1 Å². The van der Waals surface area contributed by atoms with Crippen LogP contribution < -0.4 is 21.0 Å². The first-order chi connectivity index (χ1) is 15.7. The number of fused-ring (bicyclic) bond motifs is 1. The summed E-state index contributed by atoms with van der Waals surface area (Å²) in [5.41, 5.74) is 1.76. The van der Waals surface area contributed by atoms with Gasteiger partial charge in [0.05, 0.1) is 24.4 Å². The zero-order chi connectivity index (χ0) is 23.6. The van der Waals surface area contributed by atoms with Gasteiger partial charge in [0.1, 0.15) is 0 Å². The number of rotatable bonds is 7. The van der Waals surface area contributed by atoms with Crippen molar-refractivity contribution < 1.29 is 9.22 Å². The van der Waals surface area contributed by atoms with Crippen LogP contribution in [0, 0.1) is 0 Å². The quantitative estimate of drug-likeness (QED) is 0.522. The maximum atomic E-state index is 12.8. The molecule has 0 unspecified atom stereocenters. The SMILES string of the molecule is C=C(C)N[C@@H]1c2cccn2C(=O)N[C@H]1CO[Si](c1ccccc1)(c1ccccc1)C(C)(C)C. The van der Waals surface area contributed by atoms with Gasteiger partial charge in [0.25, 0.3) is 8.32 Å². The van der Waals surface area contributed by atoms with Crippen molar-refractivity contribution in [2.24, 2.45) is 0 Å². The molecule has 3 aromatic rings. The minimum atomic E-state index is -2.71. The fourth-order valence-corrected chi connectivity index (χ4v) is 9.49. The van der Waals surface area contributed by atoms with Crippen LogP contribution in [-0.2, 0) is 4.43 Å². The van der Waals surface area contributed by atoms with Gasteiger partial charge in [-0.25, -0.2) is 4.79 Å². The van der Waals surface area contributed by atoms with Crippen molar-refractivity contribution in [1.29, 1.82) is 0 Å². The summed E-state index contributed by atoms with van der Waals surface area (Å²) in [5.74, 6) is 0. The van der Waals surface area contributed by atoms with Crippen LogP contribution in [0.3, 0.4) is 0 Å². The molecule has 0 bridgehead atoms. The number of nitrogens with zero attached hydrogens (tertiary/aromatic N) is 1. The van der Waals surface area contributed by atoms with E-state index >= 15 is 0 Å². The summed E-state index contributed by atoms with van der Waals surface area (Å²) in [6, 6.07) is 24.5. The molecule has 1 aliphatic rings. The van der Waals surface area contributed by atoms with E-state index in [1.807, 2.05) is 31.2 Å². The molecule has 1 aliphatic heterocycles. The van der Waals surface area contributed by atoms with Crippen LogP contribution in [0.4, 0.5) is 4.79 Å². The highest BCUT2D eigenvalue weighted by Crippen LogP contribution is 2.37. The van der Waals surface area contributed by atoms with Crippen LogP contribution in [0.2, 0.25) is 5.04 Å². The van der Waals surface area contributed by atoms with Crippen LogP contribution in [0.25, 0.3) is 0 Å². The Morgan fingerprint density at radius 3 is 2.12 bits per heavy atom. The van der Waals surface area contributed by atoms with Crippen molar-refractivity contribution in [1.82, 2.24) is 15.2 Å². The minimum absolute atomic E-state index is 0.131. The summed E-state index contributed by atoms with van der Waals surface area (Å²) in [7, 11) is -2.71. The summed E-state index contributed by atoms with van der Waals surface area (Å²) in [4.78, 5) is 12.8. The lowest BCUT2D eigenvalue weighted by molar-refractivity contribution is 0.193. The highest BCUT2D eigenvalue weighted by atomic mass is 28.4. The van der Waals surface area contributed by atoms with Crippen LogP contribution in [-0.4, -0.2) is 31.6 Å². The summed E-state index contributed by atoms with van der Waals surface area (Å²) >= 11 is 0. The number of allylic oxidation sites excluding steroid dienone is 1. The monoisotopic (exact) mass is 459 g/mol. The minimum Gasteiger partial charge on any atom is -0.405 e. The second-order valence-corrected chi connectivity index (χ2v) is 14.0. The Bertz CT molecular complexity index is 1080. The lowest BCUT2D eigenvalue weighted by Gasteiger charge is -2.45. The first kappa shape index (κ1) is 23.1. The fraction of sp³-hybridized carbons (Fsp3) is 0.296. The molecule has 0 saturated heterocycles. The molecular formula is C27H33N3O2Si. The van der Waals surface area contributed by atoms with E-state index in [0.29, 0.717) is 6.61 Å². The number of nitrogens with one attached hydrogen (secondary N) is 2. The molecule has 2 N–H and O–H groups in total. The van der Waals surface area contributed by atoms with Crippen molar-refractivity contribution >= 4 is 24.7 Å². The summed E-state index contributed by atoms with van der Waals surface area (Å²) in [5, 5.41) is 8.92. The third kappa shape index (κ3) is 4.28. The molecule has 1 aromatic heterocycles. The summed E-state index contributed by atoms with van der Waals surface area (Å²) in [6.45, 7) is 13.1. The molecule has 2 heterocycles. The second-order valence-electron chi connectivity index (χ2n) is 9.74. The zero-order valence-corrected chi connectivity index (χ0v) is 20.8. The second kappa shape index (κ2) is 9.04. The van der Waals surface area contributed by atoms with Gasteiger partial charge in [-0.1, -0.05) is 88.0 Å². The van der Waals surface area contributed by atoms with Crippen LogP contribution >= 0.6 is 0 Å². The molecular weight excluding hydrogens is 426 g/mol. The summed E-state index contributed by atoms with van der Waals surface area (Å²) in [6.07, 6.45) is 1.79. The van der Waals surface area contributed by atoms with Crippen molar-refractivity contribution in [3.63, 3.8) is 0 Å². The Balaban J connectivity index is 1.76. The Morgan fingerprint density at radius 1 is 1.03 bits per heavy atom. The predicted molar refractivity (Wildman–Crippen MR) is 136 cm³/mol. The van der Waals surface area contributed by atoms with Gasteiger partial charge in [0.15, 0.2) is 0 Å². The van der Waals surface area contributed by atoms with Crippen molar-refractivity contribution in [2.45, 2.75) is 44.8 Å². The smallest absolute Gasteiger partial charge is 0.326 e. The molecule has 4 rings (SSSR count). The Morgan fingerprint density at radius 2 is 1.61 bits per heavy atom. The van der Waals surface area contributed by atoms with Crippen molar-refractivity contribution in [3.05, 3.63) is 97.0 Å². The third-order valence-electron chi connectivity index (χ3n) is 6.33. The van der Waals surface area contributed by atoms with E-state index in [1.165, 1.54) is 10.4 Å². The first-order valence-corrected chi connectivity index (χ1v) is 13.3. The van der Waals surface area contributed by atoms with E-state index < -0.39 is 8.32 Å². The summed E-state index contributed by atoms with van der Waals surface area (Å²) < 4.78 is 8.76. The van der Waals surface area contributed by atoms with E-state index in [1.54, 1.807) is 10.8 Å². The molecule has 6 heteroatoms. The van der Waals surface area contributed by atoms with Crippen LogP contribution in [0.15, 0.2) is 91.3 Å². The van der Waals surface area contributed by atoms with Gasteiger partial charge in [-0.3, -0.25) is 4.57 Å². The number of carbonyl (C=O) groups excluding carboxylic acids is 1. The molecule has 1 amide bonds. The molecule has 0 spiro atoms. The van der Waals surface area contributed by atoms with Gasteiger partial charge in [0.2, 0.25) is 0 Å². The van der Waals surface area contributed by atoms with Crippen molar-refractivity contribution in [3.8, 4) is 0 Å². The average molecular weight is 460 g/mol. The molecule has 0 saturated carbocycles. The average Bonchev–Trinajstić information content (AvgIpc) is 3.28. The van der Waals surface area contributed by atoms with Crippen LogP contribution in [0.5, 0.6) is 0 Å². The van der Waals surface area contributed by atoms with E-state index in [9.17, 15) is 4.79 Å². The lowest BCUT2D eigenvalue weighted by Crippen LogP contribution is -2.68. The maximum Gasteiger partial charge on any atom is 0.326 e. The van der Waals surface area contributed by atoms with Gasteiger partial charge >= 0.3 is 6.03 Å². The number of aromatic nitrogens is 1. The van der Waals surface area contributed by atoms with Crippen molar-refractivity contribution in [2.75, 3.05) is 6.61 Å². The third-order valence-corrected chi connectivity index (χ3v) is 11.3. The molecule has 2 atom stereocenters. The van der Waals surface area contributed by atoms with Gasteiger partial charge in [0, 0.05) is 11.9 Å². The van der Waals surface area contributed by atoms with E-state index in [2.05, 4.69) is 86.5 Å². The normalized spacial score (nSPS) is 18.4. The van der Waals surface area contributed by atoms with Gasteiger partial charge in [-0.15, -0.1) is 0 Å². The van der Waals surface area contributed by atoms with Crippen LogP contribution in [0.1, 0.15) is 39.4 Å². The van der Waals surface area contributed by atoms with E-state index in [0.717, 1.165) is 11.4 Å². The topological polar surface area (TPSA) is 55.3 Å². The molecule has 172 valence electrons. The van der Waals surface area contributed by atoms with E-state index in [4.69, 9.17) is 4.43 Å². The Kier molecular flexibility index (Phi) is 6.32. The molecule has 0 radical (unpaired) electrons. The molecule has 33 heavy (non-hydrogen) atoms. The number of benzene rings is 2. The predicted octanol–water partition coefficient (Wildman–Crippen LogP) is 4.17. The highest BCUT2D eigenvalue weighted by molar-refractivity contribution is 6.99. The number of amides is 1. The molecule has 0 aliphatic carbocycles.